The van der Waals surface area contributed by atoms with Gasteiger partial charge < -0.3 is 9.64 Å². The number of ether oxygens (including phenoxy) is 1. The Balaban J connectivity index is 1.87. The molecular formula is C14H16N4O2. The summed E-state index contributed by atoms with van der Waals surface area (Å²) in [6.45, 7) is 4.52. The first-order chi connectivity index (χ1) is 9.68. The molecule has 2 saturated heterocycles. The molecule has 0 aliphatic carbocycles. The Morgan fingerprint density at radius 1 is 1.50 bits per heavy atom. The van der Waals surface area contributed by atoms with Crippen LogP contribution in [-0.4, -0.2) is 47.8 Å². The number of cyclic esters (lactones) is 1. The van der Waals surface area contributed by atoms with Crippen LogP contribution in [0.2, 0.25) is 0 Å². The second-order valence-electron chi connectivity index (χ2n) is 5.20. The molecule has 0 N–H and O–H groups in total. The third-order valence-corrected chi connectivity index (χ3v) is 4.17. The fourth-order valence-corrected chi connectivity index (χ4v) is 2.92. The highest BCUT2D eigenvalue weighted by atomic mass is 16.6. The average molecular weight is 272 g/mol. The minimum absolute atomic E-state index is 0.217. The molecule has 0 radical (unpaired) electrons. The molecule has 6 nitrogen and oxygen atoms in total. The van der Waals surface area contributed by atoms with Crippen LogP contribution in [0.3, 0.4) is 0 Å². The zero-order chi connectivity index (χ0) is 14.2. The highest BCUT2D eigenvalue weighted by Gasteiger charge is 2.49. The minimum atomic E-state index is -0.264. The third kappa shape index (κ3) is 1.86. The number of anilines is 1. The van der Waals surface area contributed by atoms with Gasteiger partial charge in [-0.05, 0) is 18.6 Å². The van der Waals surface area contributed by atoms with E-state index in [1.54, 1.807) is 6.07 Å². The fraction of sp³-hybridized carbons (Fsp3) is 0.500. The van der Waals surface area contributed by atoms with Crippen molar-refractivity contribution in [1.29, 1.82) is 5.26 Å². The Kier molecular flexibility index (Phi) is 2.97. The summed E-state index contributed by atoms with van der Waals surface area (Å²) >= 11 is 0. The van der Waals surface area contributed by atoms with Crippen molar-refractivity contribution < 1.29 is 9.53 Å². The highest BCUT2D eigenvalue weighted by molar-refractivity contribution is 5.72. The van der Waals surface area contributed by atoms with Gasteiger partial charge in [0.25, 0.3) is 0 Å². The summed E-state index contributed by atoms with van der Waals surface area (Å²) in [5.74, 6) is 0.788. The van der Waals surface area contributed by atoms with Crippen LogP contribution in [0, 0.1) is 11.3 Å². The lowest BCUT2D eigenvalue weighted by Crippen LogP contribution is -2.61. The van der Waals surface area contributed by atoms with Crippen LogP contribution in [0.4, 0.5) is 10.6 Å². The van der Waals surface area contributed by atoms with Gasteiger partial charge in [0.1, 0.15) is 24.2 Å². The molecule has 3 heterocycles. The number of hydrogen-bond acceptors (Lipinski definition) is 5. The molecule has 20 heavy (non-hydrogen) atoms. The number of amides is 1. The fourth-order valence-electron chi connectivity index (χ4n) is 2.92. The normalized spacial score (nSPS) is 25.1. The van der Waals surface area contributed by atoms with Crippen molar-refractivity contribution in [3.8, 4) is 6.07 Å². The van der Waals surface area contributed by atoms with Crippen LogP contribution in [0.15, 0.2) is 18.2 Å². The van der Waals surface area contributed by atoms with Gasteiger partial charge >= 0.3 is 6.09 Å². The predicted molar refractivity (Wildman–Crippen MR) is 72.2 cm³/mol. The Morgan fingerprint density at radius 2 is 2.35 bits per heavy atom. The Bertz CT molecular complexity index is 583. The molecular weight excluding hydrogens is 256 g/mol. The molecule has 1 aromatic heterocycles. The van der Waals surface area contributed by atoms with Gasteiger partial charge in [-0.1, -0.05) is 13.0 Å². The maximum absolute atomic E-state index is 11.7. The molecule has 2 aliphatic rings. The average Bonchev–Trinajstić information content (AvgIpc) is 2.85. The van der Waals surface area contributed by atoms with E-state index >= 15 is 0 Å². The molecule has 104 valence electrons. The molecule has 1 aromatic rings. The number of hydrogen-bond donors (Lipinski definition) is 0. The molecule has 0 bridgehead atoms. The number of carbonyl (C=O) groups excluding carboxylic acids is 1. The van der Waals surface area contributed by atoms with E-state index in [4.69, 9.17) is 10.00 Å². The van der Waals surface area contributed by atoms with Crippen LogP contribution in [0.25, 0.3) is 0 Å². The number of nitriles is 1. The molecule has 1 unspecified atom stereocenters. The van der Waals surface area contributed by atoms with Gasteiger partial charge in [0.05, 0.1) is 5.54 Å². The maximum Gasteiger partial charge on any atom is 0.410 e. The van der Waals surface area contributed by atoms with Crippen LogP contribution < -0.4 is 4.90 Å². The highest BCUT2D eigenvalue weighted by Crippen LogP contribution is 2.33. The second-order valence-corrected chi connectivity index (χ2v) is 5.20. The number of nitrogens with zero attached hydrogens (tertiary/aromatic N) is 4. The van der Waals surface area contributed by atoms with Crippen molar-refractivity contribution in [1.82, 2.24) is 9.88 Å². The minimum Gasteiger partial charge on any atom is -0.447 e. The van der Waals surface area contributed by atoms with Crippen LogP contribution >= 0.6 is 0 Å². The predicted octanol–water partition coefficient (Wildman–Crippen LogP) is 1.37. The SMILES string of the molecule is CCC12COC(=O)N1CCN(c1cccc(C#N)n1)C2. The topological polar surface area (TPSA) is 69.5 Å². The summed E-state index contributed by atoms with van der Waals surface area (Å²) in [7, 11) is 0. The monoisotopic (exact) mass is 272 g/mol. The summed E-state index contributed by atoms with van der Waals surface area (Å²) in [6, 6.07) is 7.48. The van der Waals surface area contributed by atoms with Crippen molar-refractivity contribution in [3.05, 3.63) is 23.9 Å². The van der Waals surface area contributed by atoms with Gasteiger partial charge in [-0.15, -0.1) is 0 Å². The zero-order valence-corrected chi connectivity index (χ0v) is 11.4. The molecule has 0 spiro atoms. The Morgan fingerprint density at radius 3 is 3.10 bits per heavy atom. The summed E-state index contributed by atoms with van der Waals surface area (Å²) in [5.41, 5.74) is 0.147. The zero-order valence-electron chi connectivity index (χ0n) is 11.4. The maximum atomic E-state index is 11.7. The standard InChI is InChI=1S/C14H16N4O2/c1-2-14-9-17(6-7-18(14)13(19)20-10-14)12-5-3-4-11(8-15)16-12/h3-5H,2,6-7,9-10H2,1H3. The molecule has 3 rings (SSSR count). The largest absolute Gasteiger partial charge is 0.447 e. The summed E-state index contributed by atoms with van der Waals surface area (Å²) in [4.78, 5) is 20.0. The lowest BCUT2D eigenvalue weighted by molar-refractivity contribution is 0.137. The summed E-state index contributed by atoms with van der Waals surface area (Å²) < 4.78 is 5.21. The van der Waals surface area contributed by atoms with Gasteiger partial charge in [0.15, 0.2) is 0 Å². The number of piperazine rings is 1. The number of rotatable bonds is 2. The van der Waals surface area contributed by atoms with E-state index in [-0.39, 0.29) is 11.6 Å². The molecule has 2 aliphatic heterocycles. The first-order valence-electron chi connectivity index (χ1n) is 6.75. The van der Waals surface area contributed by atoms with Gasteiger partial charge in [-0.3, -0.25) is 4.90 Å². The Hall–Kier alpha value is -2.29. The van der Waals surface area contributed by atoms with E-state index in [0.29, 0.717) is 31.9 Å². The van der Waals surface area contributed by atoms with Gasteiger partial charge in [0.2, 0.25) is 0 Å². The van der Waals surface area contributed by atoms with Crippen molar-refractivity contribution in [2.75, 3.05) is 31.1 Å². The lowest BCUT2D eigenvalue weighted by Gasteiger charge is -2.44. The number of aromatic nitrogens is 1. The van der Waals surface area contributed by atoms with Crippen LogP contribution in [0.1, 0.15) is 19.0 Å². The second kappa shape index (κ2) is 4.67. The van der Waals surface area contributed by atoms with E-state index in [2.05, 4.69) is 22.9 Å². The number of fused-ring (bicyclic) bond motifs is 1. The van der Waals surface area contributed by atoms with Crippen LogP contribution in [0.5, 0.6) is 0 Å². The first-order valence-corrected chi connectivity index (χ1v) is 6.75. The summed E-state index contributed by atoms with van der Waals surface area (Å²) in [5, 5.41) is 8.94. The van der Waals surface area contributed by atoms with E-state index in [0.717, 1.165) is 12.2 Å². The quantitative estimate of drug-likeness (QED) is 0.813. The lowest BCUT2D eigenvalue weighted by atomic mass is 9.93. The Labute approximate surface area is 117 Å². The molecule has 6 heteroatoms. The molecule has 2 fully saturated rings. The van der Waals surface area contributed by atoms with E-state index in [1.165, 1.54) is 0 Å². The third-order valence-electron chi connectivity index (χ3n) is 4.17. The molecule has 0 saturated carbocycles. The van der Waals surface area contributed by atoms with Gasteiger partial charge in [-0.2, -0.15) is 5.26 Å². The van der Waals surface area contributed by atoms with Crippen molar-refractivity contribution in [2.24, 2.45) is 0 Å². The molecule has 1 amide bonds. The van der Waals surface area contributed by atoms with Crippen LogP contribution in [-0.2, 0) is 4.74 Å². The van der Waals surface area contributed by atoms with E-state index in [1.807, 2.05) is 17.0 Å². The van der Waals surface area contributed by atoms with Gasteiger partial charge in [0, 0.05) is 19.6 Å². The molecule has 1 atom stereocenters. The van der Waals surface area contributed by atoms with Crippen molar-refractivity contribution >= 4 is 11.9 Å². The smallest absolute Gasteiger partial charge is 0.410 e. The van der Waals surface area contributed by atoms with Crippen molar-refractivity contribution in [3.63, 3.8) is 0 Å². The number of pyridine rings is 1. The van der Waals surface area contributed by atoms with Gasteiger partial charge in [-0.25, -0.2) is 9.78 Å². The van der Waals surface area contributed by atoms with Crippen molar-refractivity contribution in [2.45, 2.75) is 18.9 Å². The summed E-state index contributed by atoms with van der Waals surface area (Å²) in [6.07, 6.45) is 0.623. The number of carbonyl (C=O) groups is 1. The first kappa shape index (κ1) is 12.7. The van der Waals surface area contributed by atoms with E-state index < -0.39 is 0 Å². The molecule has 0 aromatic carbocycles. The van der Waals surface area contributed by atoms with E-state index in [9.17, 15) is 4.79 Å².